The number of amides is 1. The summed E-state index contributed by atoms with van der Waals surface area (Å²) in [5, 5.41) is 3.37. The Morgan fingerprint density at radius 2 is 2.21 bits per heavy atom. The van der Waals surface area contributed by atoms with Gasteiger partial charge in [0.25, 0.3) is 0 Å². The Morgan fingerprint density at radius 1 is 1.57 bits per heavy atom. The van der Waals surface area contributed by atoms with Crippen molar-refractivity contribution < 1.29 is 4.79 Å². The summed E-state index contributed by atoms with van der Waals surface area (Å²) in [7, 11) is 3.62. The van der Waals surface area contributed by atoms with Crippen LogP contribution >= 0.6 is 0 Å². The molecule has 4 heteroatoms. The summed E-state index contributed by atoms with van der Waals surface area (Å²) in [5.74, 6) is 0.194. The van der Waals surface area contributed by atoms with Crippen molar-refractivity contribution in [3.05, 3.63) is 0 Å². The predicted octanol–water partition coefficient (Wildman–Crippen LogP) is -0.243. The zero-order chi connectivity index (χ0) is 10.7. The molecule has 0 aromatic carbocycles. The minimum atomic E-state index is 0.00884. The van der Waals surface area contributed by atoms with Crippen LogP contribution in [0.15, 0.2) is 0 Å². The molecule has 14 heavy (non-hydrogen) atoms. The van der Waals surface area contributed by atoms with Crippen molar-refractivity contribution in [3.63, 3.8) is 0 Å². The number of rotatable bonds is 2. The largest absolute Gasteiger partial charge is 0.347 e. The first-order valence-corrected chi connectivity index (χ1v) is 5.21. The number of carbonyl (C=O) groups excluding carboxylic acids is 1. The van der Waals surface area contributed by atoms with Gasteiger partial charge in [-0.15, -0.1) is 0 Å². The fourth-order valence-corrected chi connectivity index (χ4v) is 1.84. The number of hydrogen-bond donors (Lipinski definition) is 1. The van der Waals surface area contributed by atoms with Crippen LogP contribution in [0.5, 0.6) is 0 Å². The highest BCUT2D eigenvalue weighted by atomic mass is 16.2. The topological polar surface area (TPSA) is 35.6 Å². The second kappa shape index (κ2) is 4.75. The first-order valence-electron chi connectivity index (χ1n) is 5.21. The lowest BCUT2D eigenvalue weighted by molar-refractivity contribution is -0.134. The Balaban J connectivity index is 2.51. The van der Waals surface area contributed by atoms with E-state index in [2.05, 4.69) is 17.1 Å². The Labute approximate surface area is 86.2 Å². The summed E-state index contributed by atoms with van der Waals surface area (Å²) < 4.78 is 0. The molecule has 1 saturated heterocycles. The van der Waals surface area contributed by atoms with E-state index in [4.69, 9.17) is 0 Å². The molecule has 1 rings (SSSR count). The first-order chi connectivity index (χ1) is 6.52. The van der Waals surface area contributed by atoms with Gasteiger partial charge in [-0.2, -0.15) is 0 Å². The highest BCUT2D eigenvalue weighted by Gasteiger charge is 2.25. The molecule has 0 spiro atoms. The fraction of sp³-hybridized carbons (Fsp3) is 0.900. The second-order valence-electron chi connectivity index (χ2n) is 4.26. The Morgan fingerprint density at radius 3 is 2.71 bits per heavy atom. The molecule has 82 valence electrons. The molecule has 1 amide bonds. The van der Waals surface area contributed by atoms with Crippen LogP contribution in [0.2, 0.25) is 0 Å². The average Bonchev–Trinajstić information content (AvgIpc) is 2.15. The van der Waals surface area contributed by atoms with Crippen molar-refractivity contribution in [1.29, 1.82) is 0 Å². The second-order valence-corrected chi connectivity index (χ2v) is 4.26. The van der Waals surface area contributed by atoms with Gasteiger partial charge < -0.3 is 10.2 Å². The normalized spacial score (nSPS) is 25.9. The van der Waals surface area contributed by atoms with E-state index >= 15 is 0 Å². The molecule has 2 unspecified atom stereocenters. The molecule has 0 aromatic heterocycles. The van der Waals surface area contributed by atoms with Crippen molar-refractivity contribution in [2.24, 2.45) is 0 Å². The van der Waals surface area contributed by atoms with Crippen LogP contribution in [0.4, 0.5) is 0 Å². The first kappa shape index (κ1) is 11.5. The molecule has 0 radical (unpaired) electrons. The molecular formula is C10H21N3O. The van der Waals surface area contributed by atoms with Crippen molar-refractivity contribution in [3.8, 4) is 0 Å². The van der Waals surface area contributed by atoms with Crippen molar-refractivity contribution in [2.45, 2.75) is 25.9 Å². The van der Waals surface area contributed by atoms with E-state index in [9.17, 15) is 4.79 Å². The van der Waals surface area contributed by atoms with Crippen molar-refractivity contribution in [1.82, 2.24) is 15.1 Å². The molecular weight excluding hydrogens is 178 g/mol. The van der Waals surface area contributed by atoms with Crippen molar-refractivity contribution >= 4 is 5.91 Å². The van der Waals surface area contributed by atoms with E-state index in [1.165, 1.54) is 0 Å². The maximum absolute atomic E-state index is 11.7. The summed E-state index contributed by atoms with van der Waals surface area (Å²) in [6.07, 6.45) is 0. The third kappa shape index (κ3) is 2.69. The highest BCUT2D eigenvalue weighted by molar-refractivity contribution is 5.80. The quantitative estimate of drug-likeness (QED) is 0.666. The maximum Gasteiger partial charge on any atom is 0.239 e. The van der Waals surface area contributed by atoms with Crippen molar-refractivity contribution in [2.75, 3.05) is 33.7 Å². The SMILES string of the molecule is CC1CN(C(C)C(=O)N(C)C)CCN1. The highest BCUT2D eigenvalue weighted by Crippen LogP contribution is 2.06. The Hall–Kier alpha value is -0.610. The summed E-state index contributed by atoms with van der Waals surface area (Å²) in [6, 6.07) is 0.496. The number of carbonyl (C=O) groups is 1. The number of piperazine rings is 1. The molecule has 4 nitrogen and oxygen atoms in total. The Bertz CT molecular complexity index is 206. The van der Waals surface area contributed by atoms with Crippen LogP contribution < -0.4 is 5.32 Å². The van der Waals surface area contributed by atoms with Gasteiger partial charge in [0, 0.05) is 39.8 Å². The molecule has 1 N–H and O–H groups in total. The van der Waals surface area contributed by atoms with Gasteiger partial charge in [-0.3, -0.25) is 9.69 Å². The molecule has 1 heterocycles. The van der Waals surface area contributed by atoms with Gasteiger partial charge in [-0.25, -0.2) is 0 Å². The van der Waals surface area contributed by atoms with Gasteiger partial charge in [-0.1, -0.05) is 0 Å². The van der Waals surface area contributed by atoms with E-state index in [1.807, 2.05) is 21.0 Å². The third-order valence-corrected chi connectivity index (χ3v) is 2.75. The number of nitrogens with zero attached hydrogens (tertiary/aromatic N) is 2. The number of likely N-dealkylation sites (N-methyl/N-ethyl adjacent to an activating group) is 1. The molecule has 0 bridgehead atoms. The monoisotopic (exact) mass is 199 g/mol. The minimum Gasteiger partial charge on any atom is -0.347 e. The summed E-state index contributed by atoms with van der Waals surface area (Å²) in [6.45, 7) is 7.04. The molecule has 0 aliphatic carbocycles. The summed E-state index contributed by atoms with van der Waals surface area (Å²) >= 11 is 0. The van der Waals surface area contributed by atoms with E-state index < -0.39 is 0 Å². The molecule has 1 fully saturated rings. The Kier molecular flexibility index (Phi) is 3.89. The lowest BCUT2D eigenvalue weighted by Gasteiger charge is -2.36. The van der Waals surface area contributed by atoms with E-state index in [0.29, 0.717) is 6.04 Å². The van der Waals surface area contributed by atoms with Crippen LogP contribution in [0, 0.1) is 0 Å². The lowest BCUT2D eigenvalue weighted by atomic mass is 10.1. The van der Waals surface area contributed by atoms with Crippen LogP contribution in [0.3, 0.4) is 0 Å². The van der Waals surface area contributed by atoms with Gasteiger partial charge in [-0.05, 0) is 13.8 Å². The van der Waals surface area contributed by atoms with Gasteiger partial charge >= 0.3 is 0 Å². The molecule has 0 saturated carbocycles. The summed E-state index contributed by atoms with van der Waals surface area (Å²) in [5.41, 5.74) is 0. The van der Waals surface area contributed by atoms with Gasteiger partial charge in [0.2, 0.25) is 5.91 Å². The van der Waals surface area contributed by atoms with Gasteiger partial charge in [0.15, 0.2) is 0 Å². The minimum absolute atomic E-state index is 0.00884. The standard InChI is InChI=1S/C10H21N3O/c1-8-7-13(6-5-11-8)9(2)10(14)12(3)4/h8-9,11H,5-7H2,1-4H3. The lowest BCUT2D eigenvalue weighted by Crippen LogP contribution is -2.55. The van der Waals surface area contributed by atoms with Crippen LogP contribution in [0.1, 0.15) is 13.8 Å². The van der Waals surface area contributed by atoms with E-state index in [0.717, 1.165) is 19.6 Å². The van der Waals surface area contributed by atoms with Gasteiger partial charge in [0.1, 0.15) is 0 Å². The zero-order valence-electron chi connectivity index (χ0n) is 9.58. The molecule has 1 aliphatic heterocycles. The maximum atomic E-state index is 11.7. The van der Waals surface area contributed by atoms with Gasteiger partial charge in [0.05, 0.1) is 6.04 Å². The van der Waals surface area contributed by atoms with Crippen LogP contribution in [0.25, 0.3) is 0 Å². The smallest absolute Gasteiger partial charge is 0.239 e. The average molecular weight is 199 g/mol. The van der Waals surface area contributed by atoms with Crippen LogP contribution in [-0.2, 0) is 4.79 Å². The molecule has 0 aromatic rings. The van der Waals surface area contributed by atoms with E-state index in [-0.39, 0.29) is 11.9 Å². The zero-order valence-corrected chi connectivity index (χ0v) is 9.58. The molecule has 2 atom stereocenters. The summed E-state index contributed by atoms with van der Waals surface area (Å²) in [4.78, 5) is 15.6. The number of hydrogen-bond acceptors (Lipinski definition) is 3. The van der Waals surface area contributed by atoms with Crippen LogP contribution in [-0.4, -0.2) is 61.5 Å². The predicted molar refractivity (Wildman–Crippen MR) is 57.2 cm³/mol. The molecule has 1 aliphatic rings. The van der Waals surface area contributed by atoms with E-state index in [1.54, 1.807) is 4.90 Å². The number of nitrogens with one attached hydrogen (secondary N) is 1. The fourth-order valence-electron chi connectivity index (χ4n) is 1.84. The third-order valence-electron chi connectivity index (χ3n) is 2.75.